The van der Waals surface area contributed by atoms with Gasteiger partial charge in [0.15, 0.2) is 8.42 Å². The summed E-state index contributed by atoms with van der Waals surface area (Å²) in [4.78, 5) is 22.9. The summed E-state index contributed by atoms with van der Waals surface area (Å²) in [5, 5.41) is 23.2. The summed E-state index contributed by atoms with van der Waals surface area (Å²) in [7, 11) is 0. The van der Waals surface area contributed by atoms with Gasteiger partial charge in [-0.25, -0.2) is 0 Å². The minimum absolute atomic E-state index is 0.196. The molecule has 27 heavy (non-hydrogen) atoms. The normalized spacial score (nSPS) is 10.7. The number of thiophene rings is 1. The Balaban J connectivity index is 2.11. The molecule has 0 aliphatic carbocycles. The minimum atomic E-state index is -0.728. The summed E-state index contributed by atoms with van der Waals surface area (Å²) in [5.74, 6) is 0. The van der Waals surface area contributed by atoms with E-state index in [0.717, 1.165) is 34.9 Å². The molecule has 0 saturated heterocycles. The highest BCUT2D eigenvalue weighted by molar-refractivity contribution is 8.03. The van der Waals surface area contributed by atoms with Crippen LogP contribution in [-0.4, -0.2) is 9.85 Å². The van der Waals surface area contributed by atoms with Crippen LogP contribution in [0.1, 0.15) is 0 Å². The molecule has 0 aliphatic heterocycles. The van der Waals surface area contributed by atoms with E-state index in [0.29, 0.717) is 21.2 Å². The van der Waals surface area contributed by atoms with Crippen LogP contribution in [0.2, 0.25) is 0 Å². The van der Waals surface area contributed by atoms with E-state index in [4.69, 9.17) is 11.5 Å². The average Bonchev–Trinajstić information content (AvgIpc) is 2.97. The van der Waals surface area contributed by atoms with Gasteiger partial charge in [0.2, 0.25) is 0 Å². The van der Waals surface area contributed by atoms with Crippen LogP contribution in [0.5, 0.6) is 0 Å². The Morgan fingerprint density at radius 2 is 1.11 bits per heavy atom. The van der Waals surface area contributed by atoms with Crippen LogP contribution < -0.4 is 11.5 Å². The molecule has 0 radical (unpaired) electrons. The summed E-state index contributed by atoms with van der Waals surface area (Å²) in [5.41, 5.74) is 11.6. The van der Waals surface area contributed by atoms with Crippen LogP contribution in [0.3, 0.4) is 0 Å². The maximum Gasteiger partial charge on any atom is 0.371 e. The maximum atomic E-state index is 11.6. The van der Waals surface area contributed by atoms with E-state index in [2.05, 4.69) is 0 Å². The first-order valence-electron chi connectivity index (χ1n) is 7.38. The van der Waals surface area contributed by atoms with Crippen LogP contribution in [0.4, 0.5) is 22.7 Å². The predicted octanol–water partition coefficient (Wildman–Crippen LogP) is 5.03. The molecule has 0 spiro atoms. The molecule has 11 heteroatoms. The van der Waals surface area contributed by atoms with Crippen molar-refractivity contribution in [2.45, 2.75) is 18.2 Å². The number of benzene rings is 2. The molecule has 0 unspecified atom stereocenters. The summed E-state index contributed by atoms with van der Waals surface area (Å²) >= 11 is 3.06. The number of hydrogen-bond donors (Lipinski definition) is 2. The lowest BCUT2D eigenvalue weighted by Crippen LogP contribution is -1.95. The number of anilines is 2. The third-order valence-corrected chi connectivity index (χ3v) is 7.10. The van der Waals surface area contributed by atoms with Gasteiger partial charge in [-0.05, 0) is 24.3 Å². The molecule has 0 bridgehead atoms. The molecule has 8 nitrogen and oxygen atoms in total. The molecule has 1 heterocycles. The van der Waals surface area contributed by atoms with E-state index in [1.807, 2.05) is 0 Å². The Kier molecular flexibility index (Phi) is 5.54. The molecule has 138 valence electrons. The van der Waals surface area contributed by atoms with Crippen LogP contribution in [-0.2, 0) is 0 Å². The van der Waals surface area contributed by atoms with Crippen molar-refractivity contribution in [2.24, 2.45) is 0 Å². The Bertz CT molecular complexity index is 958. The van der Waals surface area contributed by atoms with Gasteiger partial charge in [0.25, 0.3) is 0 Å². The third-order valence-electron chi connectivity index (χ3n) is 3.40. The summed E-state index contributed by atoms with van der Waals surface area (Å²) < 4.78 is 0.392. The highest BCUT2D eigenvalue weighted by Gasteiger charge is 2.38. The number of nitrogens with two attached hydrogens (primary N) is 2. The fourth-order valence-corrected chi connectivity index (χ4v) is 6.02. The van der Waals surface area contributed by atoms with E-state index < -0.39 is 21.2 Å². The number of nitrogens with zero attached hydrogens (tertiary/aromatic N) is 2. The van der Waals surface area contributed by atoms with Crippen molar-refractivity contribution < 1.29 is 9.85 Å². The maximum absolute atomic E-state index is 11.6. The Morgan fingerprint density at radius 3 is 1.44 bits per heavy atom. The summed E-state index contributed by atoms with van der Waals surface area (Å²) in [6.07, 6.45) is 0. The number of para-hydroxylation sites is 2. The van der Waals surface area contributed by atoms with Crippen molar-refractivity contribution in [1.29, 1.82) is 0 Å². The SMILES string of the molecule is Nc1ccccc1Sc1sc(Sc2ccccc2N)c([N+](=O)[O-])c1[N+](=O)[O-]. The largest absolute Gasteiger partial charge is 0.398 e. The smallest absolute Gasteiger partial charge is 0.371 e. The molecule has 3 rings (SSSR count). The van der Waals surface area contributed by atoms with Crippen molar-refractivity contribution >= 4 is 57.6 Å². The van der Waals surface area contributed by atoms with Crippen molar-refractivity contribution in [3.05, 3.63) is 68.8 Å². The molecule has 1 aromatic heterocycles. The van der Waals surface area contributed by atoms with Crippen molar-refractivity contribution in [2.75, 3.05) is 11.5 Å². The van der Waals surface area contributed by atoms with E-state index in [1.165, 1.54) is 0 Å². The lowest BCUT2D eigenvalue weighted by atomic mass is 10.3. The molecule has 4 N–H and O–H groups in total. The number of nitrogen functional groups attached to an aromatic ring is 2. The molecule has 0 fully saturated rings. The Labute approximate surface area is 165 Å². The highest BCUT2D eigenvalue weighted by Crippen LogP contribution is 2.54. The van der Waals surface area contributed by atoms with Gasteiger partial charge in [0.1, 0.15) is 0 Å². The summed E-state index contributed by atoms with van der Waals surface area (Å²) in [6, 6.07) is 13.7. The zero-order chi connectivity index (χ0) is 19.6. The molecule has 0 aliphatic rings. The zero-order valence-corrected chi connectivity index (χ0v) is 16.0. The molecule has 0 atom stereocenters. The molecular formula is C16H12N4O4S3. The Hall–Kier alpha value is -2.76. The number of hydrogen-bond acceptors (Lipinski definition) is 9. The van der Waals surface area contributed by atoms with Crippen molar-refractivity contribution in [1.82, 2.24) is 0 Å². The van der Waals surface area contributed by atoms with Gasteiger partial charge in [-0.3, -0.25) is 20.2 Å². The van der Waals surface area contributed by atoms with Gasteiger partial charge in [0, 0.05) is 21.2 Å². The monoisotopic (exact) mass is 420 g/mol. The van der Waals surface area contributed by atoms with Crippen molar-refractivity contribution in [3.8, 4) is 0 Å². The lowest BCUT2D eigenvalue weighted by Gasteiger charge is -2.02. The fraction of sp³-hybridized carbons (Fsp3) is 0. The molecule has 0 amide bonds. The summed E-state index contributed by atoms with van der Waals surface area (Å²) in [6.45, 7) is 0. The number of rotatable bonds is 6. The van der Waals surface area contributed by atoms with E-state index in [1.54, 1.807) is 48.5 Å². The van der Waals surface area contributed by atoms with Crippen LogP contribution >= 0.6 is 34.9 Å². The average molecular weight is 420 g/mol. The van der Waals surface area contributed by atoms with E-state index in [9.17, 15) is 20.2 Å². The van der Waals surface area contributed by atoms with Gasteiger partial charge in [-0.2, -0.15) is 0 Å². The second kappa shape index (κ2) is 7.86. The van der Waals surface area contributed by atoms with Crippen LogP contribution in [0, 0.1) is 20.2 Å². The van der Waals surface area contributed by atoms with Gasteiger partial charge in [0.05, 0.1) is 9.85 Å². The molecule has 3 aromatic rings. The first kappa shape index (κ1) is 19.0. The minimum Gasteiger partial charge on any atom is -0.398 e. The highest BCUT2D eigenvalue weighted by atomic mass is 32.2. The lowest BCUT2D eigenvalue weighted by molar-refractivity contribution is -0.425. The second-order valence-electron chi connectivity index (χ2n) is 5.17. The van der Waals surface area contributed by atoms with Gasteiger partial charge >= 0.3 is 11.4 Å². The standard InChI is InChI=1S/C16H12N4O4S3/c17-9-5-1-3-7-11(9)25-15-13(19(21)22)14(20(23)24)16(27-15)26-12-8-4-2-6-10(12)18/h1-8H,17-18H2. The number of nitro groups is 2. The topological polar surface area (TPSA) is 138 Å². The molecule has 0 saturated carbocycles. The third kappa shape index (κ3) is 3.99. The fourth-order valence-electron chi connectivity index (χ4n) is 2.18. The first-order valence-corrected chi connectivity index (χ1v) is 9.83. The van der Waals surface area contributed by atoms with Crippen LogP contribution in [0.15, 0.2) is 66.7 Å². The quantitative estimate of drug-likeness (QED) is 0.321. The van der Waals surface area contributed by atoms with Gasteiger partial charge in [-0.15, -0.1) is 11.3 Å². The molecule has 2 aromatic carbocycles. The van der Waals surface area contributed by atoms with Crippen molar-refractivity contribution in [3.63, 3.8) is 0 Å². The van der Waals surface area contributed by atoms with E-state index in [-0.39, 0.29) is 8.42 Å². The van der Waals surface area contributed by atoms with Gasteiger partial charge < -0.3 is 11.5 Å². The van der Waals surface area contributed by atoms with Crippen LogP contribution in [0.25, 0.3) is 0 Å². The first-order chi connectivity index (χ1) is 12.9. The molecular weight excluding hydrogens is 408 g/mol. The Morgan fingerprint density at radius 1 is 0.741 bits per heavy atom. The van der Waals surface area contributed by atoms with Gasteiger partial charge in [-0.1, -0.05) is 47.8 Å². The second-order valence-corrected chi connectivity index (χ2v) is 8.81. The predicted molar refractivity (Wildman–Crippen MR) is 108 cm³/mol. The zero-order valence-electron chi connectivity index (χ0n) is 13.5. The van der Waals surface area contributed by atoms with E-state index >= 15 is 0 Å².